The number of nitrogens with one attached hydrogen (secondary N) is 1. The Morgan fingerprint density at radius 3 is 2.56 bits per heavy atom. The Morgan fingerprint density at radius 1 is 1.15 bits per heavy atom. The van der Waals surface area contributed by atoms with Gasteiger partial charge < -0.3 is 20.7 Å². The van der Waals surface area contributed by atoms with E-state index in [1.165, 1.54) is 5.56 Å². The summed E-state index contributed by atoms with van der Waals surface area (Å²) in [6.45, 7) is 6.85. The third-order valence-corrected chi connectivity index (χ3v) is 8.30. The summed E-state index contributed by atoms with van der Waals surface area (Å²) in [6.07, 6.45) is 2.01. The number of hydrogen-bond acceptors (Lipinski definition) is 7. The van der Waals surface area contributed by atoms with Crippen LogP contribution in [-0.2, 0) is 11.2 Å². The molecule has 1 aliphatic carbocycles. The minimum absolute atomic E-state index is 0.139. The number of nitriles is 1. The van der Waals surface area contributed by atoms with Crippen molar-refractivity contribution in [2.45, 2.75) is 51.7 Å². The molecule has 1 aromatic heterocycles. The van der Waals surface area contributed by atoms with E-state index < -0.39 is 11.7 Å². The Balaban J connectivity index is 1.40. The van der Waals surface area contributed by atoms with Gasteiger partial charge in [0.2, 0.25) is 5.95 Å². The van der Waals surface area contributed by atoms with Gasteiger partial charge in [-0.1, -0.05) is 59.6 Å². The SMILES string of the molecule is CC(C)(C)OC(=O)N[C@@H]1c2ccccc2CC12CCN(c1nc(N)c(-c3cccc(Cl)c3Cl)c(C#N)n1)CC2. The number of carbonyl (C=O) groups excluding carboxylic acids is 1. The zero-order valence-corrected chi connectivity index (χ0v) is 23.6. The molecule has 0 bridgehead atoms. The number of alkyl carbamates (subject to hydrolysis) is 1. The van der Waals surface area contributed by atoms with Crippen LogP contribution in [0.3, 0.4) is 0 Å². The largest absolute Gasteiger partial charge is 0.444 e. The molecule has 8 nitrogen and oxygen atoms in total. The van der Waals surface area contributed by atoms with Gasteiger partial charge in [0.25, 0.3) is 0 Å². The number of benzene rings is 2. The first-order valence-corrected chi connectivity index (χ1v) is 13.6. The Bertz CT molecular complexity index is 1470. The van der Waals surface area contributed by atoms with E-state index >= 15 is 0 Å². The number of ether oxygens (including phenoxy) is 1. The minimum atomic E-state index is -0.587. The second-order valence-corrected chi connectivity index (χ2v) is 11.9. The number of rotatable bonds is 3. The Labute approximate surface area is 238 Å². The molecule has 1 atom stereocenters. The summed E-state index contributed by atoms with van der Waals surface area (Å²) < 4.78 is 5.60. The van der Waals surface area contributed by atoms with Crippen LogP contribution in [0.5, 0.6) is 0 Å². The maximum atomic E-state index is 12.8. The fourth-order valence-electron chi connectivity index (χ4n) is 5.71. The van der Waals surface area contributed by atoms with Gasteiger partial charge in [0.05, 0.1) is 21.7 Å². The molecule has 3 aromatic rings. The second-order valence-electron chi connectivity index (χ2n) is 11.1. The van der Waals surface area contributed by atoms with Crippen LogP contribution < -0.4 is 16.0 Å². The lowest BCUT2D eigenvalue weighted by Gasteiger charge is -2.43. The lowest BCUT2D eigenvalue weighted by Crippen LogP contribution is -2.48. The van der Waals surface area contributed by atoms with Crippen LogP contribution in [0.15, 0.2) is 42.5 Å². The number of halogens is 2. The standard InChI is InChI=1S/C29H30Cl2N6O2/c1-28(2,3)39-27(38)35-24-18-8-5-4-7-17(18)15-29(24)11-13-37(14-12-29)26-34-21(16-32)22(25(33)36-26)19-9-6-10-20(30)23(19)31/h4-10,24H,11-15H2,1-3H3,(H,35,38)(H2,33,34,36)/t24-/m1/s1. The zero-order chi connectivity index (χ0) is 27.9. The predicted octanol–water partition coefficient (Wildman–Crippen LogP) is 6.31. The fourth-order valence-corrected chi connectivity index (χ4v) is 6.11. The summed E-state index contributed by atoms with van der Waals surface area (Å²) in [5, 5.41) is 13.7. The lowest BCUT2D eigenvalue weighted by atomic mass is 9.73. The van der Waals surface area contributed by atoms with Crippen LogP contribution in [0.1, 0.15) is 56.5 Å². The average molecular weight is 566 g/mol. The van der Waals surface area contributed by atoms with E-state index in [1.54, 1.807) is 18.2 Å². The molecular formula is C29H30Cl2N6O2. The fraction of sp³-hybridized carbons (Fsp3) is 0.379. The van der Waals surface area contributed by atoms with E-state index in [9.17, 15) is 10.1 Å². The highest BCUT2D eigenvalue weighted by atomic mass is 35.5. The van der Waals surface area contributed by atoms with Crippen molar-refractivity contribution in [1.29, 1.82) is 5.26 Å². The molecule has 5 rings (SSSR count). The maximum absolute atomic E-state index is 12.8. The van der Waals surface area contributed by atoms with Crippen molar-refractivity contribution in [2.75, 3.05) is 23.7 Å². The Morgan fingerprint density at radius 2 is 1.87 bits per heavy atom. The van der Waals surface area contributed by atoms with Crippen LogP contribution in [0.2, 0.25) is 10.0 Å². The van der Waals surface area contributed by atoms with E-state index in [4.69, 9.17) is 33.7 Å². The van der Waals surface area contributed by atoms with Crippen LogP contribution in [0.25, 0.3) is 11.1 Å². The minimum Gasteiger partial charge on any atom is -0.444 e. The first kappa shape index (κ1) is 27.0. The van der Waals surface area contributed by atoms with Crippen LogP contribution >= 0.6 is 23.2 Å². The molecular weight excluding hydrogens is 535 g/mol. The number of nitrogen functional groups attached to an aromatic ring is 1. The van der Waals surface area contributed by atoms with Crippen molar-refractivity contribution in [2.24, 2.45) is 5.41 Å². The van der Waals surface area contributed by atoms with Gasteiger partial charge in [-0.05, 0) is 57.2 Å². The molecule has 0 saturated carbocycles. The van der Waals surface area contributed by atoms with Crippen molar-refractivity contribution >= 4 is 41.1 Å². The van der Waals surface area contributed by atoms with Crippen LogP contribution in [-0.4, -0.2) is 34.8 Å². The number of hydrogen-bond donors (Lipinski definition) is 2. The average Bonchev–Trinajstić information content (AvgIpc) is 3.17. The number of anilines is 2. The molecule has 39 heavy (non-hydrogen) atoms. The Hall–Kier alpha value is -3.54. The second kappa shape index (κ2) is 10.2. The highest BCUT2D eigenvalue weighted by molar-refractivity contribution is 6.43. The van der Waals surface area contributed by atoms with Gasteiger partial charge in [0.1, 0.15) is 17.5 Å². The van der Waals surface area contributed by atoms with Gasteiger partial charge in [0, 0.05) is 24.1 Å². The summed E-state index contributed by atoms with van der Waals surface area (Å²) in [5.41, 5.74) is 9.00. The first-order valence-electron chi connectivity index (χ1n) is 12.9. The number of carbonyl (C=O) groups is 1. The first-order chi connectivity index (χ1) is 18.5. The van der Waals surface area contributed by atoms with E-state index in [1.807, 2.05) is 37.8 Å². The van der Waals surface area contributed by atoms with Gasteiger partial charge in [-0.3, -0.25) is 0 Å². The van der Waals surface area contributed by atoms with Crippen molar-refractivity contribution in [3.63, 3.8) is 0 Å². The molecule has 1 fully saturated rings. The van der Waals surface area contributed by atoms with E-state index in [0.29, 0.717) is 40.2 Å². The molecule has 3 N–H and O–H groups in total. The number of nitrogens with two attached hydrogens (primary N) is 1. The smallest absolute Gasteiger partial charge is 0.408 e. The zero-order valence-electron chi connectivity index (χ0n) is 22.1. The van der Waals surface area contributed by atoms with Gasteiger partial charge in [-0.25, -0.2) is 9.78 Å². The third-order valence-electron chi connectivity index (χ3n) is 7.48. The summed E-state index contributed by atoms with van der Waals surface area (Å²) in [6, 6.07) is 15.4. The highest BCUT2D eigenvalue weighted by Gasteiger charge is 2.49. The van der Waals surface area contributed by atoms with Crippen molar-refractivity contribution in [3.05, 3.63) is 69.3 Å². The normalized spacial score (nSPS) is 17.9. The van der Waals surface area contributed by atoms with Gasteiger partial charge in [-0.2, -0.15) is 10.2 Å². The van der Waals surface area contributed by atoms with Gasteiger partial charge in [0.15, 0.2) is 5.69 Å². The van der Waals surface area contributed by atoms with E-state index in [2.05, 4.69) is 33.5 Å². The number of fused-ring (bicyclic) bond motifs is 1. The monoisotopic (exact) mass is 564 g/mol. The number of nitrogens with zero attached hydrogens (tertiary/aromatic N) is 4. The summed E-state index contributed by atoms with van der Waals surface area (Å²) in [7, 11) is 0. The maximum Gasteiger partial charge on any atom is 0.408 e. The predicted molar refractivity (Wildman–Crippen MR) is 153 cm³/mol. The van der Waals surface area contributed by atoms with Crippen molar-refractivity contribution in [3.8, 4) is 17.2 Å². The number of piperidine rings is 1. The summed E-state index contributed by atoms with van der Waals surface area (Å²) >= 11 is 12.6. The summed E-state index contributed by atoms with van der Waals surface area (Å²) in [5.74, 6) is 0.562. The molecule has 1 spiro atoms. The van der Waals surface area contributed by atoms with Crippen LogP contribution in [0, 0.1) is 16.7 Å². The highest BCUT2D eigenvalue weighted by Crippen LogP contribution is 2.52. The third kappa shape index (κ3) is 5.21. The molecule has 0 radical (unpaired) electrons. The molecule has 0 unspecified atom stereocenters. The van der Waals surface area contributed by atoms with E-state index in [0.717, 1.165) is 24.8 Å². The summed E-state index contributed by atoms with van der Waals surface area (Å²) in [4.78, 5) is 24.0. The Kier molecular flexibility index (Phi) is 7.08. The van der Waals surface area contributed by atoms with E-state index in [-0.39, 0.29) is 23.0 Å². The quantitative estimate of drug-likeness (QED) is 0.382. The molecule has 1 aliphatic heterocycles. The lowest BCUT2D eigenvalue weighted by molar-refractivity contribution is 0.0428. The van der Waals surface area contributed by atoms with Crippen molar-refractivity contribution in [1.82, 2.24) is 15.3 Å². The molecule has 10 heteroatoms. The number of aromatic nitrogens is 2. The molecule has 2 aliphatic rings. The van der Waals surface area contributed by atoms with Crippen molar-refractivity contribution < 1.29 is 9.53 Å². The van der Waals surface area contributed by atoms with Gasteiger partial charge >= 0.3 is 6.09 Å². The number of amides is 1. The van der Waals surface area contributed by atoms with Crippen LogP contribution in [0.4, 0.5) is 16.6 Å². The molecule has 2 heterocycles. The molecule has 202 valence electrons. The molecule has 1 amide bonds. The molecule has 1 saturated heterocycles. The molecule has 2 aromatic carbocycles. The van der Waals surface area contributed by atoms with Gasteiger partial charge in [-0.15, -0.1) is 0 Å². The topological polar surface area (TPSA) is 117 Å².